The van der Waals surface area contributed by atoms with Crippen molar-refractivity contribution in [2.45, 2.75) is 34.1 Å². The summed E-state index contributed by atoms with van der Waals surface area (Å²) in [5, 5.41) is 8.25. The average Bonchev–Trinajstić information content (AvgIpc) is 2.95. The van der Waals surface area contributed by atoms with E-state index in [1.165, 1.54) is 0 Å². The lowest BCUT2D eigenvalue weighted by atomic mass is 9.91. The highest BCUT2D eigenvalue weighted by atomic mass is 16.5. The van der Waals surface area contributed by atoms with E-state index in [2.05, 4.69) is 9.98 Å². The third-order valence-electron chi connectivity index (χ3n) is 5.15. The number of aliphatic imine (C=N–C) groups is 1. The van der Waals surface area contributed by atoms with Crippen molar-refractivity contribution in [2.75, 3.05) is 7.11 Å². The minimum Gasteiger partial charge on any atom is -0.501 e. The molecule has 1 aliphatic rings. The van der Waals surface area contributed by atoms with E-state index < -0.39 is 5.76 Å². The number of aromatic amines is 1. The Hall–Kier alpha value is -3.67. The lowest BCUT2D eigenvalue weighted by Gasteiger charge is -2.15. The van der Waals surface area contributed by atoms with Crippen LogP contribution in [0.1, 0.15) is 45.2 Å². The zero-order chi connectivity index (χ0) is 22.5. The molecule has 0 atom stereocenters. The average molecular weight is 418 g/mol. The highest BCUT2D eigenvalue weighted by molar-refractivity contribution is 6.22. The molecular formula is C25H27N3O3. The number of fused-ring (bicyclic) bond motifs is 1. The van der Waals surface area contributed by atoms with Crippen LogP contribution in [-0.4, -0.2) is 23.5 Å². The minimum absolute atomic E-state index is 0.372. The van der Waals surface area contributed by atoms with Crippen LogP contribution in [-0.2, 0) is 4.74 Å². The Kier molecular flexibility index (Phi) is 6.70. The Bertz CT molecular complexity index is 1260. The minimum atomic E-state index is -0.518. The van der Waals surface area contributed by atoms with Crippen LogP contribution in [0.5, 0.6) is 0 Å². The molecule has 31 heavy (non-hydrogen) atoms. The lowest BCUT2D eigenvalue weighted by Crippen LogP contribution is -2.04. The molecule has 6 heteroatoms. The molecule has 2 N–H and O–H groups in total. The van der Waals surface area contributed by atoms with E-state index in [9.17, 15) is 4.79 Å². The van der Waals surface area contributed by atoms with Crippen molar-refractivity contribution >= 4 is 33.7 Å². The molecule has 6 nitrogen and oxygen atoms in total. The number of benzene rings is 1. The van der Waals surface area contributed by atoms with Crippen LogP contribution >= 0.6 is 0 Å². The van der Waals surface area contributed by atoms with Gasteiger partial charge in [-0.25, -0.2) is 4.79 Å². The molecule has 160 valence electrons. The van der Waals surface area contributed by atoms with Gasteiger partial charge in [0, 0.05) is 29.5 Å². The highest BCUT2D eigenvalue weighted by Gasteiger charge is 2.19. The maximum absolute atomic E-state index is 12.0. The molecule has 0 spiro atoms. The quantitative estimate of drug-likeness (QED) is 0.353. The van der Waals surface area contributed by atoms with E-state index in [1.807, 2.05) is 63.3 Å². The second-order valence-electron chi connectivity index (χ2n) is 7.21. The van der Waals surface area contributed by atoms with Gasteiger partial charge < -0.3 is 14.6 Å². The first-order chi connectivity index (χ1) is 14.9. The number of rotatable bonds is 6. The normalized spacial score (nSPS) is 15.6. The first-order valence-electron chi connectivity index (χ1n) is 10.1. The van der Waals surface area contributed by atoms with Crippen molar-refractivity contribution in [1.29, 1.82) is 5.41 Å². The van der Waals surface area contributed by atoms with Gasteiger partial charge in [-0.3, -0.25) is 9.98 Å². The van der Waals surface area contributed by atoms with Crippen LogP contribution in [0.2, 0.25) is 0 Å². The lowest BCUT2D eigenvalue weighted by molar-refractivity contribution is 0.296. The summed E-state index contributed by atoms with van der Waals surface area (Å²) in [6, 6.07) is 3.77. The van der Waals surface area contributed by atoms with E-state index >= 15 is 0 Å². The number of oxazole rings is 1. The molecule has 2 heterocycles. The largest absolute Gasteiger partial charge is 0.501 e. The van der Waals surface area contributed by atoms with Crippen LogP contribution in [0.3, 0.4) is 0 Å². The van der Waals surface area contributed by atoms with Crippen LogP contribution in [0.15, 0.2) is 74.2 Å². The fraction of sp³-hybridized carbons (Fsp3) is 0.240. The standard InChI is InChI=1S/C25H27N3O3/c1-6-9-17(7-2)21-13-18(10-8-11-27-21)20-12-19(23(15(3)26)16(4)30-5)14-22-24(20)31-25(29)28-22/h6-12,14,26H,13H2,1-5H3,(H,28,29)/b9-6-,17-7+,23-16+,26-15?. The SMILES string of the molecule is C/C=C\C(=C/C)C1=NC=CC=C(c2cc(/C(C(C)=N)=C(\C)OC)cc3[nH]c(=O)oc23)C1. The van der Waals surface area contributed by atoms with Crippen LogP contribution < -0.4 is 5.76 Å². The molecule has 0 aliphatic carbocycles. The van der Waals surface area contributed by atoms with Crippen molar-refractivity contribution < 1.29 is 9.15 Å². The first-order valence-corrected chi connectivity index (χ1v) is 10.1. The Labute approximate surface area is 181 Å². The molecule has 0 unspecified atom stereocenters. The number of ether oxygens (including phenoxy) is 1. The first kappa shape index (κ1) is 22.0. The zero-order valence-corrected chi connectivity index (χ0v) is 18.5. The number of methoxy groups -OCH3 is 1. The monoisotopic (exact) mass is 417 g/mol. The summed E-state index contributed by atoms with van der Waals surface area (Å²) in [5.41, 5.74) is 6.59. The number of hydrogen-bond acceptors (Lipinski definition) is 5. The smallest absolute Gasteiger partial charge is 0.417 e. The maximum atomic E-state index is 12.0. The van der Waals surface area contributed by atoms with Crippen molar-refractivity contribution in [2.24, 2.45) is 4.99 Å². The predicted octanol–water partition coefficient (Wildman–Crippen LogP) is 5.80. The molecule has 0 amide bonds. The second-order valence-corrected chi connectivity index (χ2v) is 7.21. The molecule has 0 radical (unpaired) electrons. The van der Waals surface area contributed by atoms with E-state index in [-0.39, 0.29) is 0 Å². The van der Waals surface area contributed by atoms with Gasteiger partial charge in [-0.1, -0.05) is 24.3 Å². The van der Waals surface area contributed by atoms with E-state index in [0.29, 0.717) is 34.6 Å². The third kappa shape index (κ3) is 4.58. The summed E-state index contributed by atoms with van der Waals surface area (Å²) >= 11 is 0. The van der Waals surface area contributed by atoms with E-state index in [1.54, 1.807) is 20.2 Å². The predicted molar refractivity (Wildman–Crippen MR) is 128 cm³/mol. The number of H-pyrrole nitrogens is 1. The molecule has 1 aromatic heterocycles. The molecule has 1 aromatic carbocycles. The van der Waals surface area contributed by atoms with Gasteiger partial charge in [0.15, 0.2) is 5.58 Å². The summed E-state index contributed by atoms with van der Waals surface area (Å²) in [7, 11) is 1.58. The molecule has 1 aliphatic heterocycles. The van der Waals surface area contributed by atoms with Gasteiger partial charge in [0.05, 0.1) is 18.3 Å². The highest BCUT2D eigenvalue weighted by Crippen LogP contribution is 2.33. The van der Waals surface area contributed by atoms with Crippen molar-refractivity contribution in [3.8, 4) is 0 Å². The van der Waals surface area contributed by atoms with Crippen LogP contribution in [0, 0.1) is 5.41 Å². The second kappa shape index (κ2) is 9.43. The number of allylic oxidation sites excluding steroid dienone is 9. The van der Waals surface area contributed by atoms with Crippen molar-refractivity contribution in [3.63, 3.8) is 0 Å². The summed E-state index contributed by atoms with van der Waals surface area (Å²) in [6.45, 7) is 7.49. The Morgan fingerprint density at radius 2 is 2.06 bits per heavy atom. The van der Waals surface area contributed by atoms with Crippen molar-refractivity contribution in [3.05, 3.63) is 81.7 Å². The van der Waals surface area contributed by atoms with Gasteiger partial charge in [-0.05, 0) is 62.6 Å². The van der Waals surface area contributed by atoms with Gasteiger partial charge in [0.2, 0.25) is 0 Å². The molecule has 0 fully saturated rings. The Morgan fingerprint density at radius 3 is 2.71 bits per heavy atom. The zero-order valence-electron chi connectivity index (χ0n) is 18.5. The third-order valence-corrected chi connectivity index (χ3v) is 5.15. The summed E-state index contributed by atoms with van der Waals surface area (Å²) in [5.74, 6) is 0.112. The summed E-state index contributed by atoms with van der Waals surface area (Å²) in [4.78, 5) is 19.4. The van der Waals surface area contributed by atoms with E-state index in [0.717, 1.165) is 28.0 Å². The van der Waals surface area contributed by atoms with Gasteiger partial charge in [-0.15, -0.1) is 0 Å². The number of nitrogens with zero attached hydrogens (tertiary/aromatic N) is 1. The molecule has 2 aromatic rings. The maximum Gasteiger partial charge on any atom is 0.417 e. The number of hydrogen-bond donors (Lipinski definition) is 2. The van der Waals surface area contributed by atoms with Crippen molar-refractivity contribution in [1.82, 2.24) is 4.98 Å². The Morgan fingerprint density at radius 1 is 1.29 bits per heavy atom. The van der Waals surface area contributed by atoms with Gasteiger partial charge >= 0.3 is 5.76 Å². The number of nitrogens with one attached hydrogen (secondary N) is 2. The topological polar surface area (TPSA) is 91.4 Å². The molecule has 3 rings (SSSR count). The number of aromatic nitrogens is 1. The molecule has 0 bridgehead atoms. The van der Waals surface area contributed by atoms with E-state index in [4.69, 9.17) is 14.6 Å². The van der Waals surface area contributed by atoms with Gasteiger partial charge in [-0.2, -0.15) is 0 Å². The van der Waals surface area contributed by atoms with Gasteiger partial charge in [0.25, 0.3) is 0 Å². The summed E-state index contributed by atoms with van der Waals surface area (Å²) in [6.07, 6.45) is 12.2. The molecule has 0 saturated carbocycles. The fourth-order valence-corrected chi connectivity index (χ4v) is 3.71. The van der Waals surface area contributed by atoms with Crippen LogP contribution in [0.25, 0.3) is 22.2 Å². The fourth-order valence-electron chi connectivity index (χ4n) is 3.71. The molecular weight excluding hydrogens is 390 g/mol. The molecule has 0 saturated heterocycles. The summed E-state index contributed by atoms with van der Waals surface area (Å²) < 4.78 is 10.9. The van der Waals surface area contributed by atoms with Crippen LogP contribution in [0.4, 0.5) is 0 Å². The van der Waals surface area contributed by atoms with Gasteiger partial charge in [0.1, 0.15) is 5.76 Å². The Balaban J connectivity index is 2.23.